The maximum Gasteiger partial charge on any atom is 0.407 e. The summed E-state index contributed by atoms with van der Waals surface area (Å²) in [6.07, 6.45) is -0.0299. The molecule has 5 aromatic rings. The predicted octanol–water partition coefficient (Wildman–Crippen LogP) is 5.16. The molecule has 0 radical (unpaired) electrons. The van der Waals surface area contributed by atoms with Crippen LogP contribution in [0.25, 0.3) is 33.4 Å². The van der Waals surface area contributed by atoms with Gasteiger partial charge >= 0.3 is 12.1 Å². The molecule has 58 heavy (non-hydrogen) atoms. The lowest BCUT2D eigenvalue weighted by Crippen LogP contribution is -2.44. The summed E-state index contributed by atoms with van der Waals surface area (Å²) < 4.78 is 39.6. The van der Waals surface area contributed by atoms with Gasteiger partial charge in [-0.3, -0.25) is 9.59 Å². The van der Waals surface area contributed by atoms with Crippen LogP contribution in [-0.2, 0) is 53.7 Å². The number of pyridine rings is 2. The zero-order valence-electron chi connectivity index (χ0n) is 32.0. The average Bonchev–Trinajstić information content (AvgIpc) is 3.77. The van der Waals surface area contributed by atoms with E-state index in [1.54, 1.807) is 24.5 Å². The van der Waals surface area contributed by atoms with E-state index < -0.39 is 29.7 Å². The molecule has 2 amide bonds. The Kier molecular flexibility index (Phi) is 9.57. The van der Waals surface area contributed by atoms with Crippen molar-refractivity contribution in [1.29, 1.82) is 0 Å². The molecule has 2 atom stereocenters. The largest absolute Gasteiger partial charge is 0.458 e. The van der Waals surface area contributed by atoms with E-state index in [9.17, 15) is 24.3 Å². The van der Waals surface area contributed by atoms with E-state index in [2.05, 4.69) is 22.8 Å². The quantitative estimate of drug-likeness (QED) is 0.0907. The number of aliphatic hydroxyl groups is 1. The molecule has 0 saturated carbocycles. The first-order chi connectivity index (χ1) is 28.1. The smallest absolute Gasteiger partial charge is 0.407 e. The van der Waals surface area contributed by atoms with Crippen molar-refractivity contribution in [2.24, 2.45) is 0 Å². The third-order valence-corrected chi connectivity index (χ3v) is 12.0. The highest BCUT2D eigenvalue weighted by molar-refractivity contribution is 5.93. The molecule has 3 aromatic carbocycles. The fourth-order valence-corrected chi connectivity index (χ4v) is 9.00. The van der Waals surface area contributed by atoms with Gasteiger partial charge in [0.25, 0.3) is 5.56 Å². The highest BCUT2D eigenvalue weighted by atomic mass is 19.1. The van der Waals surface area contributed by atoms with Crippen LogP contribution in [0.3, 0.4) is 0 Å². The number of nitrogens with one attached hydrogen (secondary N) is 2. The molecule has 0 saturated heterocycles. The minimum atomic E-state index is -1.98. The second-order valence-electron chi connectivity index (χ2n) is 15.0. The predicted molar refractivity (Wildman–Crippen MR) is 208 cm³/mol. The number of fused-ring (bicyclic) bond motifs is 8. The highest BCUT2D eigenvalue weighted by Crippen LogP contribution is 2.47. The van der Waals surface area contributed by atoms with Crippen LogP contribution < -0.4 is 16.2 Å². The Bertz CT molecular complexity index is 2560. The molecule has 2 aromatic heterocycles. The summed E-state index contributed by atoms with van der Waals surface area (Å²) >= 11 is 0. The van der Waals surface area contributed by atoms with Gasteiger partial charge < -0.3 is 39.3 Å². The zero-order valence-corrected chi connectivity index (χ0v) is 32.0. The SMILES string of the molecule is CC[C@@]1(O)C(=O)OCc2c1cc1n(c2=O)Cc2c-1nc1cc(F)c(C)c3c1c2[C@@H](OCCOCNC(=O)CNC(=O)OCC1c2ccccc2-c2ccccc21)CC3. The van der Waals surface area contributed by atoms with Crippen LogP contribution in [0.5, 0.6) is 0 Å². The van der Waals surface area contributed by atoms with E-state index in [0.29, 0.717) is 35.3 Å². The van der Waals surface area contributed by atoms with E-state index in [0.717, 1.165) is 44.3 Å². The molecule has 0 fully saturated rings. The van der Waals surface area contributed by atoms with Crippen molar-refractivity contribution in [2.75, 3.05) is 33.1 Å². The van der Waals surface area contributed by atoms with Crippen molar-refractivity contribution in [3.63, 3.8) is 0 Å². The molecule has 4 aliphatic rings. The van der Waals surface area contributed by atoms with Crippen LogP contribution >= 0.6 is 0 Å². The summed E-state index contributed by atoms with van der Waals surface area (Å²) in [4.78, 5) is 56.4. The normalized spacial score (nSPS) is 18.5. The lowest BCUT2D eigenvalue weighted by Gasteiger charge is -2.31. The summed E-state index contributed by atoms with van der Waals surface area (Å²) in [6.45, 7) is 3.34. The Morgan fingerprint density at radius 2 is 1.76 bits per heavy atom. The number of esters is 1. The van der Waals surface area contributed by atoms with Crippen LogP contribution in [0.1, 0.15) is 76.3 Å². The number of nitrogens with zero attached hydrogens (tertiary/aromatic N) is 2. The summed E-state index contributed by atoms with van der Waals surface area (Å²) in [5.74, 6) is -1.75. The first-order valence-corrected chi connectivity index (χ1v) is 19.5. The first kappa shape index (κ1) is 37.6. The number of amides is 2. The first-order valence-electron chi connectivity index (χ1n) is 19.5. The molecule has 0 bridgehead atoms. The number of benzene rings is 3. The molecule has 13 nitrogen and oxygen atoms in total. The van der Waals surface area contributed by atoms with Gasteiger partial charge in [0.15, 0.2) is 5.60 Å². The summed E-state index contributed by atoms with van der Waals surface area (Å²) in [5, 5.41) is 17.2. The molecule has 4 heterocycles. The topological polar surface area (TPSA) is 167 Å². The Balaban J connectivity index is 0.822. The van der Waals surface area contributed by atoms with Crippen LogP contribution in [0, 0.1) is 12.7 Å². The Morgan fingerprint density at radius 1 is 1.02 bits per heavy atom. The van der Waals surface area contributed by atoms with Crippen molar-refractivity contribution in [2.45, 2.75) is 63.9 Å². The third-order valence-electron chi connectivity index (χ3n) is 12.0. The number of aromatic nitrogens is 2. The van der Waals surface area contributed by atoms with Crippen molar-refractivity contribution in [3.05, 3.63) is 121 Å². The number of carbonyl (C=O) groups excluding carboxylic acids is 3. The molecule has 0 unspecified atom stereocenters. The second-order valence-corrected chi connectivity index (χ2v) is 15.0. The van der Waals surface area contributed by atoms with E-state index in [1.807, 2.05) is 36.4 Å². The van der Waals surface area contributed by atoms with Gasteiger partial charge in [0.1, 0.15) is 32.3 Å². The lowest BCUT2D eigenvalue weighted by molar-refractivity contribution is -0.172. The maximum atomic E-state index is 15.2. The number of halogens is 1. The van der Waals surface area contributed by atoms with Gasteiger partial charge in [-0.2, -0.15) is 0 Å². The number of ether oxygens (including phenoxy) is 4. The number of alkyl carbamates (subject to hydrolysis) is 1. The third kappa shape index (κ3) is 6.14. The van der Waals surface area contributed by atoms with E-state index >= 15 is 4.39 Å². The fraction of sp³-hybridized carbons (Fsp3) is 0.341. The molecule has 14 heteroatoms. The van der Waals surface area contributed by atoms with Gasteiger partial charge in [-0.25, -0.2) is 19.0 Å². The van der Waals surface area contributed by atoms with Gasteiger partial charge in [0.2, 0.25) is 5.91 Å². The minimum Gasteiger partial charge on any atom is -0.458 e. The summed E-state index contributed by atoms with van der Waals surface area (Å²) in [6, 6.07) is 19.1. The van der Waals surface area contributed by atoms with Crippen molar-refractivity contribution in [3.8, 4) is 22.5 Å². The molecule has 2 aliphatic heterocycles. The number of hydrogen-bond donors (Lipinski definition) is 3. The second kappa shape index (κ2) is 14.8. The van der Waals surface area contributed by atoms with Crippen molar-refractivity contribution >= 4 is 28.9 Å². The van der Waals surface area contributed by atoms with Gasteiger partial charge in [0, 0.05) is 28.5 Å². The lowest BCUT2D eigenvalue weighted by atomic mass is 9.82. The van der Waals surface area contributed by atoms with Crippen LogP contribution in [0.2, 0.25) is 0 Å². The summed E-state index contributed by atoms with van der Waals surface area (Å²) in [7, 11) is 0. The average molecular weight is 789 g/mol. The van der Waals surface area contributed by atoms with E-state index in [1.165, 1.54) is 6.07 Å². The van der Waals surface area contributed by atoms with Gasteiger partial charge in [-0.05, 0) is 71.2 Å². The maximum absolute atomic E-state index is 15.2. The van der Waals surface area contributed by atoms with E-state index in [4.69, 9.17) is 23.9 Å². The van der Waals surface area contributed by atoms with Crippen molar-refractivity contribution < 1.29 is 42.8 Å². The molecule has 0 spiro atoms. The van der Waals surface area contributed by atoms with Crippen LogP contribution in [0.4, 0.5) is 9.18 Å². The molecule has 2 aliphatic carbocycles. The Morgan fingerprint density at radius 3 is 2.50 bits per heavy atom. The molecular weight excluding hydrogens is 748 g/mol. The Hall–Kier alpha value is -5.96. The summed E-state index contributed by atoms with van der Waals surface area (Å²) in [5.41, 5.74) is 6.75. The zero-order chi connectivity index (χ0) is 40.3. The van der Waals surface area contributed by atoms with Crippen LogP contribution in [0.15, 0.2) is 65.5 Å². The van der Waals surface area contributed by atoms with Crippen molar-refractivity contribution in [1.82, 2.24) is 20.2 Å². The van der Waals surface area contributed by atoms with E-state index in [-0.39, 0.29) is 81.1 Å². The highest BCUT2D eigenvalue weighted by Gasteiger charge is 2.46. The number of carbonyl (C=O) groups is 3. The van der Waals surface area contributed by atoms with Gasteiger partial charge in [-0.15, -0.1) is 0 Å². The number of hydrogen-bond acceptors (Lipinski definition) is 10. The molecular formula is C44H41FN4O9. The van der Waals surface area contributed by atoms with Gasteiger partial charge in [0.05, 0.1) is 48.3 Å². The molecule has 298 valence electrons. The standard InChI is InChI=1S/C44H41FN4O9/c1-3-44(54)32-16-35-40-29(19-49(35)41(51)31(32)21-57-42(44)52)39-36(13-12-24-23(2)33(45)17-34(48-40)38(24)39)56-15-14-55-22-47-37(50)18-46-43(53)58-20-30-27-10-6-4-8-25(27)26-9-5-7-11-28(26)30/h4-11,16-17,30,36,54H,3,12-15,18-22H2,1-2H3,(H,46,53)(H,47,50)/t36-,44-/m0/s1. The number of rotatable bonds is 11. The monoisotopic (exact) mass is 788 g/mol. The van der Waals surface area contributed by atoms with Gasteiger partial charge in [-0.1, -0.05) is 55.5 Å². The molecule has 3 N–H and O–H groups in total. The fourth-order valence-electron chi connectivity index (χ4n) is 9.00. The molecule has 9 rings (SSSR count). The van der Waals surface area contributed by atoms with Crippen LogP contribution in [-0.4, -0.2) is 65.7 Å². The Labute approximate surface area is 332 Å². The number of cyclic esters (lactones) is 1. The minimum absolute atomic E-state index is 0.0126. The number of aryl methyl sites for hydroxylation is 1.